The van der Waals surface area contributed by atoms with E-state index in [1.165, 1.54) is 29.5 Å². The Morgan fingerprint density at radius 2 is 1.26 bits per heavy atom. The summed E-state index contributed by atoms with van der Waals surface area (Å²) in [5.74, 6) is -1.15. The lowest BCUT2D eigenvalue weighted by atomic mass is 10.0. The summed E-state index contributed by atoms with van der Waals surface area (Å²) in [4.78, 5) is 10.8. The van der Waals surface area contributed by atoms with Crippen molar-refractivity contribution in [3.63, 3.8) is 0 Å². The summed E-state index contributed by atoms with van der Waals surface area (Å²) >= 11 is 11.4. The Morgan fingerprint density at radius 3 is 1.89 bits per heavy atom. The molecule has 2 nitrogen and oxygen atoms in total. The summed E-state index contributed by atoms with van der Waals surface area (Å²) in [6.45, 7) is 0. The van der Waals surface area contributed by atoms with Gasteiger partial charge in [0.1, 0.15) is 0 Å². The summed E-state index contributed by atoms with van der Waals surface area (Å²) in [7, 11) is 0. The first kappa shape index (κ1) is 21.8. The van der Waals surface area contributed by atoms with Gasteiger partial charge in [-0.15, -0.1) is 0 Å². The van der Waals surface area contributed by atoms with Crippen molar-refractivity contribution in [3.05, 3.63) is 71.3 Å². The third kappa shape index (κ3) is 8.36. The summed E-state index contributed by atoms with van der Waals surface area (Å²) in [5.41, 5.74) is 4.08. The number of aryl methyl sites for hydroxylation is 1. The average molecular weight is 407 g/mol. The van der Waals surface area contributed by atoms with Gasteiger partial charge in [-0.25, -0.2) is 4.79 Å². The van der Waals surface area contributed by atoms with Crippen molar-refractivity contribution in [3.8, 4) is 0 Å². The van der Waals surface area contributed by atoms with Gasteiger partial charge < -0.3 is 5.11 Å². The fraction of sp³-hybridized carbons (Fsp3) is 0.435. The molecule has 4 heteroatoms. The maximum atomic E-state index is 10.8. The maximum absolute atomic E-state index is 10.8. The average Bonchev–Trinajstić information content (AvgIpc) is 2.66. The van der Waals surface area contributed by atoms with E-state index in [9.17, 15) is 4.79 Å². The summed E-state index contributed by atoms with van der Waals surface area (Å²) in [6, 6.07) is 19.5. The first-order valence-corrected chi connectivity index (χ1v) is 10.5. The van der Waals surface area contributed by atoms with Crippen LogP contribution in [0.4, 0.5) is 0 Å². The minimum Gasteiger partial charge on any atom is -0.479 e. The molecule has 1 N–H and O–H groups in total. The first-order valence-electron chi connectivity index (χ1n) is 9.70. The molecular weight excluding hydrogens is 379 g/mol. The van der Waals surface area contributed by atoms with E-state index in [1.54, 1.807) is 0 Å². The third-order valence-electron chi connectivity index (χ3n) is 4.79. The predicted molar refractivity (Wildman–Crippen MR) is 114 cm³/mol. The molecule has 0 aliphatic heterocycles. The van der Waals surface area contributed by atoms with E-state index < -0.39 is 10.3 Å². The lowest BCUT2D eigenvalue weighted by molar-refractivity contribution is -0.138. The molecule has 0 fully saturated rings. The number of hydrogen-bond donors (Lipinski definition) is 1. The number of carbonyl (C=O) groups is 1. The van der Waals surface area contributed by atoms with Crippen LogP contribution in [0.5, 0.6) is 0 Å². The van der Waals surface area contributed by atoms with Crippen LogP contribution < -0.4 is 0 Å². The molecule has 0 aromatic heterocycles. The van der Waals surface area contributed by atoms with E-state index in [2.05, 4.69) is 48.5 Å². The van der Waals surface area contributed by atoms with E-state index in [0.717, 1.165) is 38.5 Å². The van der Waals surface area contributed by atoms with E-state index >= 15 is 0 Å². The van der Waals surface area contributed by atoms with Crippen molar-refractivity contribution in [2.75, 3.05) is 0 Å². The summed E-state index contributed by atoms with van der Waals surface area (Å²) in [6.07, 6.45) is 8.76. The number of carboxylic acids is 1. The molecule has 2 aromatic rings. The van der Waals surface area contributed by atoms with E-state index in [1.807, 2.05) is 6.07 Å². The molecule has 0 aliphatic rings. The molecule has 27 heavy (non-hydrogen) atoms. The van der Waals surface area contributed by atoms with Gasteiger partial charge >= 0.3 is 5.97 Å². The standard InChI is InChI=1S/C23H28Cl2O2/c24-23(25,22(26)27)17-9-4-2-1-3-6-10-19-13-15-21(16-14-19)18-20-11-7-5-8-12-20/h5,7-8,11-16H,1-4,6,9-10,17-18H2,(H,26,27). The van der Waals surface area contributed by atoms with Crippen molar-refractivity contribution in [1.29, 1.82) is 0 Å². The molecule has 0 atom stereocenters. The second-order valence-electron chi connectivity index (χ2n) is 7.11. The molecule has 0 heterocycles. The van der Waals surface area contributed by atoms with Gasteiger partial charge in [0.2, 0.25) is 4.33 Å². The second kappa shape index (κ2) is 11.4. The molecule has 0 unspecified atom stereocenters. The minimum absolute atomic E-state index is 0.306. The molecule has 0 saturated carbocycles. The van der Waals surface area contributed by atoms with Crippen molar-refractivity contribution in [2.24, 2.45) is 0 Å². The van der Waals surface area contributed by atoms with Crippen molar-refractivity contribution in [1.82, 2.24) is 0 Å². The lowest BCUT2D eigenvalue weighted by Crippen LogP contribution is -2.25. The highest BCUT2D eigenvalue weighted by molar-refractivity contribution is 6.57. The topological polar surface area (TPSA) is 37.3 Å². The highest BCUT2D eigenvalue weighted by Gasteiger charge is 2.32. The van der Waals surface area contributed by atoms with Crippen LogP contribution in [0, 0.1) is 0 Å². The number of hydrogen-bond acceptors (Lipinski definition) is 1. The Balaban J connectivity index is 1.56. The zero-order chi connectivity index (χ0) is 19.5. The molecule has 0 aliphatic carbocycles. The Hall–Kier alpha value is -1.51. The quantitative estimate of drug-likeness (QED) is 0.310. The van der Waals surface area contributed by atoms with Gasteiger partial charge in [-0.2, -0.15) is 0 Å². The third-order valence-corrected chi connectivity index (χ3v) is 5.49. The zero-order valence-electron chi connectivity index (χ0n) is 15.7. The summed E-state index contributed by atoms with van der Waals surface area (Å²) in [5, 5.41) is 8.85. The number of alkyl halides is 2. The molecule has 2 rings (SSSR count). The van der Waals surface area contributed by atoms with Crippen molar-refractivity contribution >= 4 is 29.2 Å². The molecule has 0 saturated heterocycles. The van der Waals surface area contributed by atoms with Crippen LogP contribution in [0.3, 0.4) is 0 Å². The molecular formula is C23H28Cl2O2. The fourth-order valence-electron chi connectivity index (χ4n) is 3.15. The first-order chi connectivity index (χ1) is 13.0. The number of benzene rings is 2. The number of aliphatic carboxylic acids is 1. The minimum atomic E-state index is -1.63. The number of halogens is 2. The predicted octanol–water partition coefficient (Wildman–Crippen LogP) is 6.81. The number of unbranched alkanes of at least 4 members (excludes halogenated alkanes) is 5. The van der Waals surface area contributed by atoms with Crippen LogP contribution in [0.25, 0.3) is 0 Å². The van der Waals surface area contributed by atoms with E-state index in [-0.39, 0.29) is 0 Å². The Bertz CT molecular complexity index is 681. The molecule has 0 spiro atoms. The number of carboxylic acid groups (broad SMARTS) is 1. The molecule has 146 valence electrons. The largest absolute Gasteiger partial charge is 0.479 e. The van der Waals surface area contributed by atoms with Crippen LogP contribution >= 0.6 is 23.2 Å². The smallest absolute Gasteiger partial charge is 0.340 e. The zero-order valence-corrected chi connectivity index (χ0v) is 17.2. The van der Waals surface area contributed by atoms with E-state index in [0.29, 0.717) is 6.42 Å². The van der Waals surface area contributed by atoms with Crippen LogP contribution in [0.1, 0.15) is 61.6 Å². The number of rotatable bonds is 12. The monoisotopic (exact) mass is 406 g/mol. The van der Waals surface area contributed by atoms with Crippen LogP contribution in [0.15, 0.2) is 54.6 Å². The maximum Gasteiger partial charge on any atom is 0.340 e. The van der Waals surface area contributed by atoms with Gasteiger partial charge in [0.15, 0.2) is 0 Å². The van der Waals surface area contributed by atoms with Gasteiger partial charge in [0, 0.05) is 0 Å². The molecule has 2 aromatic carbocycles. The Kier molecular flexibility index (Phi) is 9.17. The van der Waals surface area contributed by atoms with Crippen LogP contribution in [-0.2, 0) is 17.6 Å². The van der Waals surface area contributed by atoms with Gasteiger partial charge in [0.05, 0.1) is 0 Å². The highest BCUT2D eigenvalue weighted by atomic mass is 35.5. The lowest BCUT2D eigenvalue weighted by Gasteiger charge is -2.13. The van der Waals surface area contributed by atoms with E-state index in [4.69, 9.17) is 28.3 Å². The second-order valence-corrected chi connectivity index (χ2v) is 8.59. The molecule has 0 amide bonds. The highest BCUT2D eigenvalue weighted by Crippen LogP contribution is 2.28. The van der Waals surface area contributed by atoms with Crippen molar-refractivity contribution in [2.45, 2.75) is 62.1 Å². The van der Waals surface area contributed by atoms with Gasteiger partial charge in [-0.05, 0) is 48.8 Å². The van der Waals surface area contributed by atoms with Gasteiger partial charge in [-0.1, -0.05) is 103 Å². The Morgan fingerprint density at radius 1 is 0.741 bits per heavy atom. The molecule has 0 radical (unpaired) electrons. The van der Waals surface area contributed by atoms with Crippen molar-refractivity contribution < 1.29 is 9.90 Å². The SMILES string of the molecule is O=C(O)C(Cl)(Cl)CCCCCCCCc1ccc(Cc2ccccc2)cc1. The molecule has 0 bridgehead atoms. The van der Waals surface area contributed by atoms with Crippen LogP contribution in [0.2, 0.25) is 0 Å². The summed E-state index contributed by atoms with van der Waals surface area (Å²) < 4.78 is -1.63. The Labute approximate surface area is 172 Å². The van der Waals surface area contributed by atoms with Crippen LogP contribution in [-0.4, -0.2) is 15.4 Å². The van der Waals surface area contributed by atoms with Gasteiger partial charge in [0.25, 0.3) is 0 Å². The normalized spacial score (nSPS) is 11.5. The van der Waals surface area contributed by atoms with Gasteiger partial charge in [-0.3, -0.25) is 0 Å². The fourth-order valence-corrected chi connectivity index (χ4v) is 3.41.